The maximum Gasteiger partial charge on any atom is 0.238 e. The first-order valence-electron chi connectivity index (χ1n) is 9.18. The van der Waals surface area contributed by atoms with Gasteiger partial charge in [0.15, 0.2) is 0 Å². The number of fused-ring (bicyclic) bond motifs is 1. The van der Waals surface area contributed by atoms with Gasteiger partial charge in [0, 0.05) is 12.6 Å². The second-order valence-electron chi connectivity index (χ2n) is 6.76. The van der Waals surface area contributed by atoms with E-state index in [2.05, 4.69) is 15.6 Å². The van der Waals surface area contributed by atoms with E-state index in [1.165, 1.54) is 14.0 Å². The van der Waals surface area contributed by atoms with E-state index in [1.54, 1.807) is 29.5 Å². The minimum atomic E-state index is -0.183. The molecule has 0 aliphatic carbocycles. The Kier molecular flexibility index (Phi) is 6.46. The van der Waals surface area contributed by atoms with Gasteiger partial charge in [-0.25, -0.2) is 4.98 Å². The number of nitrogens with zero attached hydrogens (tertiary/aromatic N) is 2. The molecule has 7 nitrogen and oxygen atoms in total. The molecule has 2 aromatic carbocycles. The lowest BCUT2D eigenvalue weighted by atomic mass is 10.2. The lowest BCUT2D eigenvalue weighted by molar-refractivity contribution is -0.117. The number of methoxy groups -OCH3 is 1. The molecule has 1 aromatic heterocycles. The van der Waals surface area contributed by atoms with E-state index in [1.807, 2.05) is 43.1 Å². The fourth-order valence-electron chi connectivity index (χ4n) is 2.90. The Labute approximate surface area is 173 Å². The van der Waals surface area contributed by atoms with Gasteiger partial charge in [-0.3, -0.25) is 14.5 Å². The van der Waals surface area contributed by atoms with Gasteiger partial charge < -0.3 is 15.4 Å². The first-order chi connectivity index (χ1) is 13.9. The van der Waals surface area contributed by atoms with E-state index in [0.29, 0.717) is 17.1 Å². The molecule has 0 aliphatic heterocycles. The molecule has 2 N–H and O–H groups in total. The van der Waals surface area contributed by atoms with Gasteiger partial charge in [0.05, 0.1) is 35.6 Å². The van der Waals surface area contributed by atoms with Crippen LogP contribution in [0.15, 0.2) is 42.5 Å². The first kappa shape index (κ1) is 20.8. The number of benzene rings is 2. The SMILES string of the molecule is COc1ccc(NC(C)=O)cc1NC(=O)CN(C)[C@@H](C)c1nc2ccccc2s1. The number of hydrogen-bond acceptors (Lipinski definition) is 6. The van der Waals surface area contributed by atoms with Gasteiger partial charge in [0.1, 0.15) is 10.8 Å². The van der Waals surface area contributed by atoms with Gasteiger partial charge in [-0.1, -0.05) is 12.1 Å². The molecule has 3 aromatic rings. The zero-order valence-corrected chi connectivity index (χ0v) is 17.7. The normalized spacial score (nSPS) is 12.0. The summed E-state index contributed by atoms with van der Waals surface area (Å²) in [7, 11) is 3.42. The van der Waals surface area contributed by atoms with Gasteiger partial charge in [-0.15, -0.1) is 11.3 Å². The molecule has 29 heavy (non-hydrogen) atoms. The summed E-state index contributed by atoms with van der Waals surface area (Å²) in [4.78, 5) is 30.5. The summed E-state index contributed by atoms with van der Waals surface area (Å²) >= 11 is 1.63. The van der Waals surface area contributed by atoms with E-state index in [4.69, 9.17) is 4.74 Å². The number of hydrogen-bond donors (Lipinski definition) is 2. The van der Waals surface area contributed by atoms with Crippen molar-refractivity contribution in [3.05, 3.63) is 47.5 Å². The number of aromatic nitrogens is 1. The summed E-state index contributed by atoms with van der Waals surface area (Å²) in [6.45, 7) is 3.65. The molecule has 0 saturated heterocycles. The molecule has 0 radical (unpaired) electrons. The number of nitrogens with one attached hydrogen (secondary N) is 2. The molecular formula is C21H24N4O3S. The maximum absolute atomic E-state index is 12.6. The van der Waals surface area contributed by atoms with Crippen LogP contribution in [0.5, 0.6) is 5.75 Å². The van der Waals surface area contributed by atoms with Crippen LogP contribution in [0.3, 0.4) is 0 Å². The predicted octanol–water partition coefficient (Wildman–Crippen LogP) is 3.89. The van der Waals surface area contributed by atoms with Gasteiger partial charge in [-0.05, 0) is 44.3 Å². The number of carbonyl (C=O) groups excluding carboxylic acids is 2. The van der Waals surface area contributed by atoms with Crippen molar-refractivity contribution in [2.24, 2.45) is 0 Å². The molecule has 8 heteroatoms. The summed E-state index contributed by atoms with van der Waals surface area (Å²) in [6.07, 6.45) is 0. The van der Waals surface area contributed by atoms with Gasteiger partial charge in [0.2, 0.25) is 11.8 Å². The number of ether oxygens (including phenoxy) is 1. The van der Waals surface area contributed by atoms with Crippen molar-refractivity contribution in [2.45, 2.75) is 19.9 Å². The summed E-state index contributed by atoms with van der Waals surface area (Å²) in [5.74, 6) is 0.157. The summed E-state index contributed by atoms with van der Waals surface area (Å²) in [5.41, 5.74) is 2.06. The van der Waals surface area contributed by atoms with Crippen LogP contribution in [-0.4, -0.2) is 42.4 Å². The maximum atomic E-state index is 12.6. The lowest BCUT2D eigenvalue weighted by Crippen LogP contribution is -2.32. The molecule has 152 valence electrons. The predicted molar refractivity (Wildman–Crippen MR) is 117 cm³/mol. The zero-order valence-electron chi connectivity index (χ0n) is 16.9. The molecule has 0 unspecified atom stereocenters. The van der Waals surface area contributed by atoms with Crippen molar-refractivity contribution in [3.63, 3.8) is 0 Å². The topological polar surface area (TPSA) is 83.6 Å². The van der Waals surface area contributed by atoms with E-state index in [0.717, 1.165) is 15.2 Å². The standard InChI is InChI=1S/C21H24N4O3S/c1-13(21-24-16-7-5-6-8-19(16)29-21)25(3)12-20(27)23-17-11-15(22-14(2)26)9-10-18(17)28-4/h5-11,13H,12H2,1-4H3,(H,22,26)(H,23,27)/t13-/m0/s1. The second kappa shape index (κ2) is 9.02. The Bertz CT molecular complexity index is 1000. The molecular weight excluding hydrogens is 388 g/mol. The molecule has 0 spiro atoms. The molecule has 3 rings (SSSR count). The zero-order chi connectivity index (χ0) is 21.0. The summed E-state index contributed by atoms with van der Waals surface area (Å²) < 4.78 is 6.44. The molecule has 1 heterocycles. The van der Waals surface area contributed by atoms with Crippen LogP contribution in [0.1, 0.15) is 24.9 Å². The van der Waals surface area contributed by atoms with Crippen molar-refractivity contribution >= 4 is 44.7 Å². The number of rotatable bonds is 7. The molecule has 2 amide bonds. The number of likely N-dealkylation sites (N-methyl/N-ethyl adjacent to an activating group) is 1. The molecule has 1 atom stereocenters. The van der Waals surface area contributed by atoms with E-state index >= 15 is 0 Å². The number of thiazole rings is 1. The van der Waals surface area contributed by atoms with E-state index in [9.17, 15) is 9.59 Å². The monoisotopic (exact) mass is 412 g/mol. The van der Waals surface area contributed by atoms with Crippen LogP contribution in [0.2, 0.25) is 0 Å². The molecule has 0 fully saturated rings. The number of anilines is 2. The largest absolute Gasteiger partial charge is 0.495 e. The number of amides is 2. The van der Waals surface area contributed by atoms with Crippen molar-refractivity contribution < 1.29 is 14.3 Å². The summed E-state index contributed by atoms with van der Waals surface area (Å²) in [5, 5.41) is 6.53. The molecule has 0 saturated carbocycles. The minimum absolute atomic E-state index is 0.00856. The Balaban J connectivity index is 1.68. The third-order valence-corrected chi connectivity index (χ3v) is 5.72. The van der Waals surface area contributed by atoms with Crippen molar-refractivity contribution in [3.8, 4) is 5.75 Å². The van der Waals surface area contributed by atoms with E-state index in [-0.39, 0.29) is 24.4 Å². The fourth-order valence-corrected chi connectivity index (χ4v) is 3.98. The molecule has 0 bridgehead atoms. The highest BCUT2D eigenvalue weighted by Crippen LogP contribution is 2.30. The minimum Gasteiger partial charge on any atom is -0.495 e. The highest BCUT2D eigenvalue weighted by atomic mass is 32.1. The first-order valence-corrected chi connectivity index (χ1v) is 10.00. The van der Waals surface area contributed by atoms with Gasteiger partial charge in [0.25, 0.3) is 0 Å². The second-order valence-corrected chi connectivity index (χ2v) is 7.82. The summed E-state index contributed by atoms with van der Waals surface area (Å²) in [6, 6.07) is 13.1. The highest BCUT2D eigenvalue weighted by molar-refractivity contribution is 7.18. The Hall–Kier alpha value is -2.97. The number of para-hydroxylation sites is 1. The fraction of sp³-hybridized carbons (Fsp3) is 0.286. The van der Waals surface area contributed by atoms with Crippen LogP contribution in [-0.2, 0) is 9.59 Å². The third-order valence-electron chi connectivity index (χ3n) is 4.52. The Morgan fingerprint density at radius 2 is 1.97 bits per heavy atom. The van der Waals surface area contributed by atoms with Crippen molar-refractivity contribution in [2.75, 3.05) is 31.3 Å². The number of carbonyl (C=O) groups is 2. The van der Waals surface area contributed by atoms with Crippen LogP contribution in [0, 0.1) is 0 Å². The lowest BCUT2D eigenvalue weighted by Gasteiger charge is -2.22. The molecule has 0 aliphatic rings. The van der Waals surface area contributed by atoms with Crippen molar-refractivity contribution in [1.82, 2.24) is 9.88 Å². The average molecular weight is 413 g/mol. The van der Waals surface area contributed by atoms with Crippen LogP contribution in [0.4, 0.5) is 11.4 Å². The van der Waals surface area contributed by atoms with Gasteiger partial charge in [-0.2, -0.15) is 0 Å². The van der Waals surface area contributed by atoms with Crippen LogP contribution < -0.4 is 15.4 Å². The highest BCUT2D eigenvalue weighted by Gasteiger charge is 2.19. The Morgan fingerprint density at radius 1 is 1.21 bits per heavy atom. The van der Waals surface area contributed by atoms with Crippen molar-refractivity contribution in [1.29, 1.82) is 0 Å². The Morgan fingerprint density at radius 3 is 2.66 bits per heavy atom. The van der Waals surface area contributed by atoms with Gasteiger partial charge >= 0.3 is 0 Å². The van der Waals surface area contributed by atoms with Crippen LogP contribution >= 0.6 is 11.3 Å². The average Bonchev–Trinajstić information content (AvgIpc) is 3.11. The third kappa shape index (κ3) is 5.10. The van der Waals surface area contributed by atoms with E-state index < -0.39 is 0 Å². The van der Waals surface area contributed by atoms with Crippen LogP contribution in [0.25, 0.3) is 10.2 Å². The quantitative estimate of drug-likeness (QED) is 0.615. The smallest absolute Gasteiger partial charge is 0.238 e.